The van der Waals surface area contributed by atoms with Crippen LogP contribution in [0.3, 0.4) is 0 Å². The number of amides is 1. The highest BCUT2D eigenvalue weighted by Gasteiger charge is 2.46. The molecular formula is C18H28FNO4. The number of aliphatic hydroxyl groups is 1. The third kappa shape index (κ3) is 6.35. The molecule has 1 aromatic carbocycles. The van der Waals surface area contributed by atoms with Crippen molar-refractivity contribution in [2.75, 3.05) is 6.61 Å². The van der Waals surface area contributed by atoms with Gasteiger partial charge in [-0.3, -0.25) is 0 Å². The van der Waals surface area contributed by atoms with Gasteiger partial charge < -0.3 is 19.9 Å². The number of alkyl carbamates (subject to hydrolysis) is 1. The van der Waals surface area contributed by atoms with Gasteiger partial charge in [0.25, 0.3) is 0 Å². The maximum absolute atomic E-state index is 13.1. The highest BCUT2D eigenvalue weighted by atomic mass is 19.1. The fourth-order valence-corrected chi connectivity index (χ4v) is 2.00. The number of ether oxygens (including phenoxy) is 2. The van der Waals surface area contributed by atoms with Gasteiger partial charge in [-0.15, -0.1) is 0 Å². The standard InChI is InChI=1S/C16H22FNO4.C2H6/c1-15(2,3)22-14(20)18-16(6-7-16)10-21-13-5-4-12(17)8-11(13)9-19;1-2/h4-5,8,19H,6-7,9-10H2,1-3H3,(H,18,20);1-2H3. The first-order valence-corrected chi connectivity index (χ1v) is 8.26. The summed E-state index contributed by atoms with van der Waals surface area (Å²) in [5, 5.41) is 12.0. The Balaban J connectivity index is 0.00000139. The third-order valence-corrected chi connectivity index (χ3v) is 3.32. The van der Waals surface area contributed by atoms with Gasteiger partial charge in [-0.2, -0.15) is 0 Å². The Hall–Kier alpha value is -1.82. The molecule has 0 spiro atoms. The second-order valence-corrected chi connectivity index (χ2v) is 6.61. The lowest BCUT2D eigenvalue weighted by Crippen LogP contribution is -2.44. The van der Waals surface area contributed by atoms with Crippen LogP contribution in [-0.2, 0) is 11.3 Å². The molecule has 0 saturated heterocycles. The summed E-state index contributed by atoms with van der Waals surface area (Å²) in [5.74, 6) is -0.00872. The van der Waals surface area contributed by atoms with Crippen LogP contribution in [0.5, 0.6) is 5.75 Å². The Morgan fingerprint density at radius 1 is 1.33 bits per heavy atom. The van der Waals surface area contributed by atoms with Crippen molar-refractivity contribution in [3.63, 3.8) is 0 Å². The summed E-state index contributed by atoms with van der Waals surface area (Å²) in [7, 11) is 0. The molecule has 0 unspecified atom stereocenters. The van der Waals surface area contributed by atoms with E-state index in [1.165, 1.54) is 18.2 Å². The number of aliphatic hydroxyl groups excluding tert-OH is 1. The van der Waals surface area contributed by atoms with E-state index in [4.69, 9.17) is 9.47 Å². The Morgan fingerprint density at radius 2 is 1.96 bits per heavy atom. The van der Waals surface area contributed by atoms with E-state index < -0.39 is 23.1 Å². The Kier molecular flexibility index (Phi) is 7.02. The van der Waals surface area contributed by atoms with Crippen molar-refractivity contribution in [2.24, 2.45) is 0 Å². The lowest BCUT2D eigenvalue weighted by Gasteiger charge is -2.23. The fraction of sp³-hybridized carbons (Fsp3) is 0.611. The molecule has 0 aliphatic heterocycles. The van der Waals surface area contributed by atoms with Gasteiger partial charge in [0, 0.05) is 5.56 Å². The molecule has 1 fully saturated rings. The summed E-state index contributed by atoms with van der Waals surface area (Å²) in [6.07, 6.45) is 1.11. The Morgan fingerprint density at radius 3 is 2.46 bits per heavy atom. The zero-order chi connectivity index (χ0) is 18.4. The van der Waals surface area contributed by atoms with Gasteiger partial charge in [-0.1, -0.05) is 13.8 Å². The lowest BCUT2D eigenvalue weighted by molar-refractivity contribution is 0.0476. The summed E-state index contributed by atoms with van der Waals surface area (Å²) >= 11 is 0. The normalized spacial score (nSPS) is 15.0. The fourth-order valence-electron chi connectivity index (χ4n) is 2.00. The summed E-state index contributed by atoms with van der Waals surface area (Å²) < 4.78 is 24.0. The molecule has 136 valence electrons. The first kappa shape index (κ1) is 20.2. The molecular weight excluding hydrogens is 313 g/mol. The van der Waals surface area contributed by atoms with E-state index in [2.05, 4.69) is 5.32 Å². The minimum absolute atomic E-state index is 0.255. The smallest absolute Gasteiger partial charge is 0.408 e. The molecule has 24 heavy (non-hydrogen) atoms. The maximum Gasteiger partial charge on any atom is 0.408 e. The van der Waals surface area contributed by atoms with Crippen molar-refractivity contribution >= 4 is 6.09 Å². The number of carbonyl (C=O) groups excluding carboxylic acids is 1. The molecule has 1 saturated carbocycles. The zero-order valence-electron chi connectivity index (χ0n) is 15.1. The largest absolute Gasteiger partial charge is 0.491 e. The maximum atomic E-state index is 13.1. The summed E-state index contributed by atoms with van der Waals surface area (Å²) in [4.78, 5) is 11.8. The predicted octanol–water partition coefficient (Wildman–Crippen LogP) is 3.78. The van der Waals surface area contributed by atoms with E-state index >= 15 is 0 Å². The molecule has 1 aromatic rings. The van der Waals surface area contributed by atoms with Gasteiger partial charge in [-0.25, -0.2) is 9.18 Å². The van der Waals surface area contributed by atoms with Gasteiger partial charge in [0.1, 0.15) is 23.8 Å². The monoisotopic (exact) mass is 341 g/mol. The lowest BCUT2D eigenvalue weighted by atomic mass is 10.2. The highest BCUT2D eigenvalue weighted by molar-refractivity contribution is 5.69. The molecule has 5 nitrogen and oxygen atoms in total. The van der Waals surface area contributed by atoms with Gasteiger partial charge in [0.05, 0.1) is 12.1 Å². The van der Waals surface area contributed by atoms with E-state index in [1.807, 2.05) is 13.8 Å². The van der Waals surface area contributed by atoms with Crippen molar-refractivity contribution < 1.29 is 23.8 Å². The number of rotatable bonds is 5. The second-order valence-electron chi connectivity index (χ2n) is 6.61. The van der Waals surface area contributed by atoms with Crippen molar-refractivity contribution in [1.82, 2.24) is 5.32 Å². The third-order valence-electron chi connectivity index (χ3n) is 3.32. The van der Waals surface area contributed by atoms with Gasteiger partial charge in [0.15, 0.2) is 0 Å². The van der Waals surface area contributed by atoms with Crippen LogP contribution < -0.4 is 10.1 Å². The number of benzene rings is 1. The minimum atomic E-state index is -0.554. The van der Waals surface area contributed by atoms with Crippen LogP contribution >= 0.6 is 0 Å². The van der Waals surface area contributed by atoms with Crippen LogP contribution in [-0.4, -0.2) is 28.9 Å². The molecule has 0 aromatic heterocycles. The van der Waals surface area contributed by atoms with Crippen LogP contribution in [0.1, 0.15) is 53.0 Å². The van der Waals surface area contributed by atoms with Crippen LogP contribution in [0.2, 0.25) is 0 Å². The molecule has 0 bridgehead atoms. The molecule has 1 aliphatic carbocycles. The predicted molar refractivity (Wildman–Crippen MR) is 90.5 cm³/mol. The number of hydrogen-bond donors (Lipinski definition) is 2. The molecule has 2 N–H and O–H groups in total. The van der Waals surface area contributed by atoms with Crippen molar-refractivity contribution in [3.8, 4) is 5.75 Å². The number of carbonyl (C=O) groups is 1. The van der Waals surface area contributed by atoms with Crippen molar-refractivity contribution in [1.29, 1.82) is 0 Å². The molecule has 0 heterocycles. The topological polar surface area (TPSA) is 67.8 Å². The quantitative estimate of drug-likeness (QED) is 0.855. The van der Waals surface area contributed by atoms with E-state index in [0.717, 1.165) is 12.8 Å². The van der Waals surface area contributed by atoms with E-state index in [9.17, 15) is 14.3 Å². The van der Waals surface area contributed by atoms with Crippen LogP contribution in [0.15, 0.2) is 18.2 Å². The SMILES string of the molecule is CC.CC(C)(C)OC(=O)NC1(COc2ccc(F)cc2CO)CC1. The minimum Gasteiger partial charge on any atom is -0.491 e. The van der Waals surface area contributed by atoms with E-state index in [-0.39, 0.29) is 13.2 Å². The van der Waals surface area contributed by atoms with Crippen molar-refractivity contribution in [2.45, 2.75) is 65.2 Å². The second kappa shape index (κ2) is 8.33. The van der Waals surface area contributed by atoms with E-state index in [0.29, 0.717) is 11.3 Å². The summed E-state index contributed by atoms with van der Waals surface area (Å²) in [5.41, 5.74) is -0.612. The average Bonchev–Trinajstić information content (AvgIpc) is 3.25. The number of nitrogens with one attached hydrogen (secondary N) is 1. The summed E-state index contributed by atoms with van der Waals surface area (Å²) in [6.45, 7) is 9.35. The molecule has 0 radical (unpaired) electrons. The first-order chi connectivity index (χ1) is 11.2. The Labute approximate surface area is 143 Å². The van der Waals surface area contributed by atoms with Crippen LogP contribution in [0.4, 0.5) is 9.18 Å². The van der Waals surface area contributed by atoms with Crippen LogP contribution in [0.25, 0.3) is 0 Å². The van der Waals surface area contributed by atoms with Crippen LogP contribution in [0, 0.1) is 5.82 Å². The Bertz CT molecular complexity index is 550. The molecule has 0 atom stereocenters. The molecule has 1 amide bonds. The number of halogens is 1. The van der Waals surface area contributed by atoms with Gasteiger partial charge in [0.2, 0.25) is 0 Å². The molecule has 2 rings (SSSR count). The highest BCUT2D eigenvalue weighted by Crippen LogP contribution is 2.36. The van der Waals surface area contributed by atoms with Gasteiger partial charge >= 0.3 is 6.09 Å². The molecule has 1 aliphatic rings. The zero-order valence-corrected chi connectivity index (χ0v) is 15.1. The van der Waals surface area contributed by atoms with Gasteiger partial charge in [-0.05, 0) is 51.8 Å². The molecule has 6 heteroatoms. The first-order valence-electron chi connectivity index (χ1n) is 8.26. The van der Waals surface area contributed by atoms with Crippen molar-refractivity contribution in [3.05, 3.63) is 29.6 Å². The number of hydrogen-bond acceptors (Lipinski definition) is 4. The summed E-state index contributed by atoms with van der Waals surface area (Å²) in [6, 6.07) is 3.98. The van der Waals surface area contributed by atoms with E-state index in [1.54, 1.807) is 20.8 Å². The average molecular weight is 341 g/mol.